The van der Waals surface area contributed by atoms with E-state index in [0.717, 1.165) is 25.6 Å². The van der Waals surface area contributed by atoms with Gasteiger partial charge in [0.1, 0.15) is 0 Å². The number of hydrogen-bond donors (Lipinski definition) is 1. The molecule has 0 saturated carbocycles. The predicted molar refractivity (Wildman–Crippen MR) is 62.8 cm³/mol. The van der Waals surface area contributed by atoms with Crippen molar-refractivity contribution in [1.29, 1.82) is 0 Å². The molecule has 2 unspecified atom stereocenters. The Morgan fingerprint density at radius 1 is 1.64 bits per heavy atom. The van der Waals surface area contributed by atoms with Crippen molar-refractivity contribution >= 4 is 11.8 Å². The van der Waals surface area contributed by atoms with Crippen molar-refractivity contribution in [1.82, 2.24) is 4.90 Å². The minimum atomic E-state index is 0.542. The van der Waals surface area contributed by atoms with E-state index in [1.54, 1.807) is 7.11 Å². The zero-order valence-electron chi connectivity index (χ0n) is 9.24. The Morgan fingerprint density at radius 2 is 2.43 bits per heavy atom. The Kier molecular flexibility index (Phi) is 5.86. The Balaban J connectivity index is 2.34. The Morgan fingerprint density at radius 3 is 2.93 bits per heavy atom. The van der Waals surface area contributed by atoms with Gasteiger partial charge in [-0.1, -0.05) is 0 Å². The van der Waals surface area contributed by atoms with E-state index in [4.69, 9.17) is 10.5 Å². The summed E-state index contributed by atoms with van der Waals surface area (Å²) in [6, 6.07) is 0.542. The fourth-order valence-electron chi connectivity index (χ4n) is 1.99. The van der Waals surface area contributed by atoms with Crippen molar-refractivity contribution in [3.05, 3.63) is 0 Å². The largest absolute Gasteiger partial charge is 0.383 e. The highest BCUT2D eigenvalue weighted by Crippen LogP contribution is 2.27. The molecule has 0 aromatic rings. The Hall–Kier alpha value is 0.230. The summed E-state index contributed by atoms with van der Waals surface area (Å²) in [6.45, 7) is 2.55. The molecule has 1 heterocycles. The normalized spacial score (nSPS) is 24.4. The lowest BCUT2D eigenvalue weighted by molar-refractivity contribution is 0.122. The zero-order valence-corrected chi connectivity index (χ0v) is 10.1. The molecule has 1 saturated heterocycles. The molecule has 14 heavy (non-hydrogen) atoms. The van der Waals surface area contributed by atoms with E-state index >= 15 is 0 Å². The number of methoxy groups -OCH3 is 1. The van der Waals surface area contributed by atoms with E-state index in [-0.39, 0.29) is 0 Å². The monoisotopic (exact) mass is 218 g/mol. The van der Waals surface area contributed by atoms with Gasteiger partial charge in [0, 0.05) is 26.2 Å². The molecule has 1 fully saturated rings. The third kappa shape index (κ3) is 3.42. The number of nitrogens with zero attached hydrogens (tertiary/aromatic N) is 1. The summed E-state index contributed by atoms with van der Waals surface area (Å²) in [7, 11) is 3.90. The van der Waals surface area contributed by atoms with Crippen LogP contribution in [0.2, 0.25) is 0 Å². The lowest BCUT2D eigenvalue weighted by atomic mass is 9.98. The first kappa shape index (κ1) is 12.3. The lowest BCUT2D eigenvalue weighted by Gasteiger charge is -2.31. The molecule has 2 atom stereocenters. The van der Waals surface area contributed by atoms with E-state index in [1.165, 1.54) is 17.9 Å². The number of hydrogen-bond acceptors (Lipinski definition) is 4. The van der Waals surface area contributed by atoms with Gasteiger partial charge in [-0.25, -0.2) is 0 Å². The minimum Gasteiger partial charge on any atom is -0.383 e. The highest BCUT2D eigenvalue weighted by molar-refractivity contribution is 7.99. The van der Waals surface area contributed by atoms with Gasteiger partial charge in [0.05, 0.1) is 6.61 Å². The van der Waals surface area contributed by atoms with Crippen LogP contribution >= 0.6 is 11.8 Å². The van der Waals surface area contributed by atoms with E-state index in [9.17, 15) is 0 Å². The second-order valence-corrected chi connectivity index (χ2v) is 5.05. The van der Waals surface area contributed by atoms with E-state index in [0.29, 0.717) is 6.04 Å². The third-order valence-corrected chi connectivity index (χ3v) is 4.15. The fourth-order valence-corrected chi connectivity index (χ4v) is 3.32. The molecular formula is C10H22N2OS. The van der Waals surface area contributed by atoms with Crippen LogP contribution in [0.4, 0.5) is 0 Å². The highest BCUT2D eigenvalue weighted by Gasteiger charge is 2.26. The first-order valence-corrected chi connectivity index (χ1v) is 6.42. The minimum absolute atomic E-state index is 0.542. The maximum Gasteiger partial charge on any atom is 0.0589 e. The van der Waals surface area contributed by atoms with Crippen LogP contribution in [0.15, 0.2) is 0 Å². The van der Waals surface area contributed by atoms with Gasteiger partial charge < -0.3 is 10.5 Å². The summed E-state index contributed by atoms with van der Waals surface area (Å²) >= 11 is 2.05. The van der Waals surface area contributed by atoms with Crippen LogP contribution in [0.3, 0.4) is 0 Å². The molecule has 1 rings (SSSR count). The third-order valence-electron chi connectivity index (χ3n) is 2.96. The molecule has 0 spiro atoms. The average Bonchev–Trinajstić information content (AvgIpc) is 2.69. The molecule has 4 heteroatoms. The molecule has 0 radical (unpaired) electrons. The molecule has 0 bridgehead atoms. The number of ether oxygens (including phenoxy) is 1. The molecule has 0 aromatic carbocycles. The van der Waals surface area contributed by atoms with Gasteiger partial charge in [-0.15, -0.1) is 0 Å². The van der Waals surface area contributed by atoms with Gasteiger partial charge in [-0.3, -0.25) is 4.90 Å². The molecule has 84 valence electrons. The number of nitrogens with two attached hydrogens (primary N) is 1. The predicted octanol–water partition coefficient (Wildman–Crippen LogP) is 0.645. The maximum absolute atomic E-state index is 5.83. The molecule has 2 N–H and O–H groups in total. The fraction of sp³-hybridized carbons (Fsp3) is 1.00. The first-order chi connectivity index (χ1) is 6.79. The van der Waals surface area contributed by atoms with Crippen molar-refractivity contribution in [2.75, 3.05) is 45.4 Å². The van der Waals surface area contributed by atoms with Crippen molar-refractivity contribution < 1.29 is 4.74 Å². The average molecular weight is 218 g/mol. The summed E-state index contributed by atoms with van der Waals surface area (Å²) in [5.74, 6) is 3.37. The highest BCUT2D eigenvalue weighted by atomic mass is 32.2. The lowest BCUT2D eigenvalue weighted by Crippen LogP contribution is -2.44. The molecular weight excluding hydrogens is 196 g/mol. The van der Waals surface area contributed by atoms with Crippen molar-refractivity contribution in [2.24, 2.45) is 11.7 Å². The number of likely N-dealkylation sites (N-methyl/N-ethyl adjacent to an activating group) is 1. The second-order valence-electron chi connectivity index (χ2n) is 3.90. The van der Waals surface area contributed by atoms with Crippen molar-refractivity contribution in [3.8, 4) is 0 Å². The van der Waals surface area contributed by atoms with E-state index in [1.807, 2.05) is 0 Å². The van der Waals surface area contributed by atoms with Gasteiger partial charge in [-0.2, -0.15) is 11.8 Å². The van der Waals surface area contributed by atoms with Crippen LogP contribution in [0.25, 0.3) is 0 Å². The van der Waals surface area contributed by atoms with Crippen LogP contribution < -0.4 is 5.73 Å². The van der Waals surface area contributed by atoms with Crippen molar-refractivity contribution in [2.45, 2.75) is 12.5 Å². The molecule has 3 nitrogen and oxygen atoms in total. The quantitative estimate of drug-likeness (QED) is 0.710. The summed E-state index contributed by atoms with van der Waals surface area (Å²) in [5.41, 5.74) is 5.83. The van der Waals surface area contributed by atoms with Crippen LogP contribution in [0.1, 0.15) is 6.42 Å². The smallest absolute Gasteiger partial charge is 0.0589 e. The number of thioether (sulfide) groups is 1. The van der Waals surface area contributed by atoms with Gasteiger partial charge >= 0.3 is 0 Å². The Labute approximate surface area is 91.4 Å². The number of rotatable bonds is 6. The SMILES string of the molecule is COCCN(C)C(CN)C1CCSC1. The van der Waals surface area contributed by atoms with Gasteiger partial charge in [0.25, 0.3) is 0 Å². The van der Waals surface area contributed by atoms with Crippen LogP contribution in [0, 0.1) is 5.92 Å². The van der Waals surface area contributed by atoms with Crippen LogP contribution in [-0.2, 0) is 4.74 Å². The maximum atomic E-state index is 5.83. The van der Waals surface area contributed by atoms with Gasteiger partial charge in [0.15, 0.2) is 0 Å². The summed E-state index contributed by atoms with van der Waals surface area (Å²) < 4.78 is 5.08. The van der Waals surface area contributed by atoms with E-state index in [2.05, 4.69) is 23.7 Å². The van der Waals surface area contributed by atoms with Crippen molar-refractivity contribution in [3.63, 3.8) is 0 Å². The van der Waals surface area contributed by atoms with Crippen LogP contribution in [-0.4, -0.2) is 56.3 Å². The first-order valence-electron chi connectivity index (χ1n) is 5.26. The standard InChI is InChI=1S/C10H22N2OS/c1-12(4-5-13-2)10(7-11)9-3-6-14-8-9/h9-10H,3-8,11H2,1-2H3. The van der Waals surface area contributed by atoms with Gasteiger partial charge in [0.2, 0.25) is 0 Å². The molecule has 0 amide bonds. The second kappa shape index (κ2) is 6.67. The summed E-state index contributed by atoms with van der Waals surface area (Å²) in [5, 5.41) is 0. The zero-order chi connectivity index (χ0) is 10.4. The Bertz CT molecular complexity index is 151. The molecule has 1 aliphatic rings. The van der Waals surface area contributed by atoms with E-state index < -0.39 is 0 Å². The molecule has 0 aliphatic carbocycles. The van der Waals surface area contributed by atoms with Crippen LogP contribution in [0.5, 0.6) is 0 Å². The summed E-state index contributed by atoms with van der Waals surface area (Å²) in [6.07, 6.45) is 1.32. The molecule has 1 aliphatic heterocycles. The summed E-state index contributed by atoms with van der Waals surface area (Å²) in [4.78, 5) is 2.35. The topological polar surface area (TPSA) is 38.5 Å². The molecule has 0 aromatic heterocycles. The van der Waals surface area contributed by atoms with Gasteiger partial charge in [-0.05, 0) is 30.9 Å².